The maximum absolute atomic E-state index is 10.3. The fourth-order valence-electron chi connectivity index (χ4n) is 0.652. The van der Waals surface area contributed by atoms with E-state index in [0.29, 0.717) is 0 Å². The van der Waals surface area contributed by atoms with Crippen LogP contribution in [0.2, 0.25) is 5.15 Å². The molecule has 0 unspecified atom stereocenters. The third-order valence-corrected chi connectivity index (χ3v) is 1.35. The van der Waals surface area contributed by atoms with Crippen LogP contribution in [0.3, 0.4) is 0 Å². The smallest absolute Gasteiger partial charge is 0.358 e. The minimum Gasteiger partial charge on any atom is -0.358 e. The lowest BCUT2D eigenvalue weighted by molar-refractivity contribution is -0.389. The van der Waals surface area contributed by atoms with Crippen LogP contribution in [0, 0.1) is 21.4 Å². The number of nitro groups is 1. The van der Waals surface area contributed by atoms with Gasteiger partial charge in [0.05, 0.1) is 0 Å². The van der Waals surface area contributed by atoms with Crippen molar-refractivity contribution in [3.8, 4) is 6.07 Å². The average Bonchev–Trinajstić information content (AvgIpc) is 2.04. The molecule has 5 nitrogen and oxygen atoms in total. The quantitative estimate of drug-likeness (QED) is 0.376. The zero-order chi connectivity index (χ0) is 9.14. The van der Waals surface area contributed by atoms with Crippen molar-refractivity contribution >= 4 is 17.4 Å². The second-order valence-electron chi connectivity index (χ2n) is 1.87. The third-order valence-electron chi connectivity index (χ3n) is 1.13. The molecule has 0 radical (unpaired) electrons. The molecule has 0 saturated carbocycles. The lowest BCUT2D eigenvalue weighted by Gasteiger charge is -1.92. The summed E-state index contributed by atoms with van der Waals surface area (Å²) in [5.74, 6) is -0.509. The predicted molar refractivity (Wildman–Crippen MR) is 40.6 cm³/mol. The van der Waals surface area contributed by atoms with E-state index in [1.165, 1.54) is 12.1 Å². The first-order chi connectivity index (χ1) is 5.65. The maximum atomic E-state index is 10.3. The first-order valence-electron chi connectivity index (χ1n) is 2.86. The standard InChI is InChI=1S/C6H2ClN3O2/c7-5-2-1-4(3-8)6(9-5)10(11)12/h1-2H. The molecule has 0 amide bonds. The Morgan fingerprint density at radius 2 is 2.33 bits per heavy atom. The largest absolute Gasteiger partial charge is 0.382 e. The Labute approximate surface area is 72.4 Å². The van der Waals surface area contributed by atoms with E-state index in [-0.39, 0.29) is 10.7 Å². The van der Waals surface area contributed by atoms with Crippen molar-refractivity contribution < 1.29 is 4.92 Å². The van der Waals surface area contributed by atoms with Crippen molar-refractivity contribution in [2.24, 2.45) is 0 Å². The van der Waals surface area contributed by atoms with Crippen molar-refractivity contribution in [3.05, 3.63) is 33.0 Å². The van der Waals surface area contributed by atoms with Crippen molar-refractivity contribution in [3.63, 3.8) is 0 Å². The number of halogens is 1. The summed E-state index contributed by atoms with van der Waals surface area (Å²) in [4.78, 5) is 12.9. The van der Waals surface area contributed by atoms with E-state index < -0.39 is 10.7 Å². The lowest BCUT2D eigenvalue weighted by atomic mass is 10.3. The molecule has 0 aliphatic rings. The van der Waals surface area contributed by atoms with Gasteiger partial charge in [0.2, 0.25) is 5.15 Å². The monoisotopic (exact) mass is 183 g/mol. The van der Waals surface area contributed by atoms with Gasteiger partial charge in [-0.25, -0.2) is 0 Å². The Kier molecular flexibility index (Phi) is 2.21. The molecule has 1 aromatic rings. The summed E-state index contributed by atoms with van der Waals surface area (Å²) < 4.78 is 0. The molecular weight excluding hydrogens is 182 g/mol. The molecule has 6 heteroatoms. The maximum Gasteiger partial charge on any atom is 0.382 e. The van der Waals surface area contributed by atoms with E-state index in [1.54, 1.807) is 6.07 Å². The first-order valence-corrected chi connectivity index (χ1v) is 3.24. The first kappa shape index (κ1) is 8.43. The Balaban J connectivity index is 3.34. The van der Waals surface area contributed by atoms with E-state index in [0.717, 1.165) is 0 Å². The molecule has 0 fully saturated rings. The fraction of sp³-hybridized carbons (Fsp3) is 0. The van der Waals surface area contributed by atoms with E-state index >= 15 is 0 Å². The number of aromatic nitrogens is 1. The topological polar surface area (TPSA) is 79.8 Å². The van der Waals surface area contributed by atoms with Crippen LogP contribution in [0.1, 0.15) is 5.56 Å². The number of nitrogens with zero attached hydrogens (tertiary/aromatic N) is 3. The Bertz CT molecular complexity index is 372. The Morgan fingerprint density at radius 1 is 1.67 bits per heavy atom. The molecule has 0 atom stereocenters. The molecule has 1 aromatic heterocycles. The molecule has 60 valence electrons. The normalized spacial score (nSPS) is 9.00. The third kappa shape index (κ3) is 1.49. The van der Waals surface area contributed by atoms with Gasteiger partial charge in [-0.1, -0.05) is 0 Å². The summed E-state index contributed by atoms with van der Waals surface area (Å²) in [5, 5.41) is 18.7. The predicted octanol–water partition coefficient (Wildman–Crippen LogP) is 1.51. The van der Waals surface area contributed by atoms with Crippen molar-refractivity contribution in [1.82, 2.24) is 4.98 Å². The Morgan fingerprint density at radius 3 is 2.83 bits per heavy atom. The average molecular weight is 184 g/mol. The molecule has 0 spiro atoms. The summed E-state index contributed by atoms with van der Waals surface area (Å²) in [5.41, 5.74) is -0.0931. The van der Waals surface area contributed by atoms with Crippen LogP contribution >= 0.6 is 11.6 Å². The highest BCUT2D eigenvalue weighted by Gasteiger charge is 2.15. The summed E-state index contributed by atoms with van der Waals surface area (Å²) in [6, 6.07) is 4.23. The van der Waals surface area contributed by atoms with Crippen molar-refractivity contribution in [2.75, 3.05) is 0 Å². The molecule has 0 aliphatic carbocycles. The van der Waals surface area contributed by atoms with Crippen LogP contribution in [0.4, 0.5) is 5.82 Å². The molecular formula is C6H2ClN3O2. The van der Waals surface area contributed by atoms with Gasteiger partial charge in [-0.15, -0.1) is 0 Å². The van der Waals surface area contributed by atoms with E-state index in [2.05, 4.69) is 4.98 Å². The van der Waals surface area contributed by atoms with Gasteiger partial charge in [-0.3, -0.25) is 0 Å². The molecule has 1 heterocycles. The SMILES string of the molecule is N#Cc1ccc(Cl)nc1[N+](=O)[O-]. The highest BCUT2D eigenvalue weighted by atomic mass is 35.5. The minimum absolute atomic E-state index is 0.000648. The van der Waals surface area contributed by atoms with Gasteiger partial charge in [0, 0.05) is 6.07 Å². The molecule has 0 aromatic carbocycles. The van der Waals surface area contributed by atoms with E-state index in [9.17, 15) is 10.1 Å². The fourth-order valence-corrected chi connectivity index (χ4v) is 0.795. The van der Waals surface area contributed by atoms with Crippen LogP contribution < -0.4 is 0 Å². The summed E-state index contributed by atoms with van der Waals surface area (Å²) >= 11 is 5.39. The molecule has 0 aliphatic heterocycles. The highest BCUT2D eigenvalue weighted by Crippen LogP contribution is 2.17. The van der Waals surface area contributed by atoms with Gasteiger partial charge in [0.15, 0.2) is 0 Å². The molecule has 1 rings (SSSR count). The van der Waals surface area contributed by atoms with Crippen molar-refractivity contribution in [2.45, 2.75) is 0 Å². The van der Waals surface area contributed by atoms with Crippen LogP contribution in [0.5, 0.6) is 0 Å². The van der Waals surface area contributed by atoms with E-state index in [4.69, 9.17) is 16.9 Å². The number of hydrogen-bond donors (Lipinski definition) is 0. The van der Waals surface area contributed by atoms with Gasteiger partial charge in [0.1, 0.15) is 11.6 Å². The number of nitriles is 1. The zero-order valence-electron chi connectivity index (χ0n) is 5.69. The number of rotatable bonds is 1. The number of pyridine rings is 1. The molecule has 0 N–H and O–H groups in total. The Hall–Kier alpha value is -1.67. The van der Waals surface area contributed by atoms with Crippen LogP contribution in [-0.4, -0.2) is 9.91 Å². The van der Waals surface area contributed by atoms with Crippen LogP contribution in [0.25, 0.3) is 0 Å². The van der Waals surface area contributed by atoms with Crippen LogP contribution in [0.15, 0.2) is 12.1 Å². The van der Waals surface area contributed by atoms with Crippen LogP contribution in [-0.2, 0) is 0 Å². The van der Waals surface area contributed by atoms with Gasteiger partial charge in [-0.2, -0.15) is 5.26 Å². The van der Waals surface area contributed by atoms with E-state index in [1.807, 2.05) is 0 Å². The zero-order valence-corrected chi connectivity index (χ0v) is 6.45. The van der Waals surface area contributed by atoms with Crippen molar-refractivity contribution in [1.29, 1.82) is 5.26 Å². The minimum atomic E-state index is -0.746. The second-order valence-corrected chi connectivity index (χ2v) is 2.26. The second kappa shape index (κ2) is 3.15. The molecule has 0 saturated heterocycles. The summed E-state index contributed by atoms with van der Waals surface area (Å²) in [7, 11) is 0. The van der Waals surface area contributed by atoms with Gasteiger partial charge < -0.3 is 10.1 Å². The van der Waals surface area contributed by atoms with Gasteiger partial charge in [-0.05, 0) is 27.6 Å². The van der Waals surface area contributed by atoms with Gasteiger partial charge >= 0.3 is 5.82 Å². The number of hydrogen-bond acceptors (Lipinski definition) is 4. The summed E-state index contributed by atoms with van der Waals surface area (Å²) in [6.45, 7) is 0. The summed E-state index contributed by atoms with van der Waals surface area (Å²) in [6.07, 6.45) is 0. The molecule has 12 heavy (non-hydrogen) atoms. The lowest BCUT2D eigenvalue weighted by Crippen LogP contribution is -1.95. The highest BCUT2D eigenvalue weighted by molar-refractivity contribution is 6.29. The van der Waals surface area contributed by atoms with Gasteiger partial charge in [0.25, 0.3) is 0 Å². The molecule has 0 bridgehead atoms.